The van der Waals surface area contributed by atoms with Crippen molar-refractivity contribution in [2.75, 3.05) is 51.2 Å². The van der Waals surface area contributed by atoms with Crippen molar-refractivity contribution in [2.45, 2.75) is 39.5 Å². The Balaban J connectivity index is 2.40. The van der Waals surface area contributed by atoms with Crippen molar-refractivity contribution < 1.29 is 9.47 Å². The maximum atomic E-state index is 9.74. The maximum absolute atomic E-state index is 9.74. The van der Waals surface area contributed by atoms with E-state index in [1.807, 2.05) is 86.5 Å². The summed E-state index contributed by atoms with van der Waals surface area (Å²) in [5.41, 5.74) is 3.24. The van der Waals surface area contributed by atoms with Crippen LogP contribution >= 0.6 is 0 Å². The molecule has 2 rings (SSSR count). The summed E-state index contributed by atoms with van der Waals surface area (Å²) >= 11 is 0. The fourth-order valence-electron chi connectivity index (χ4n) is 3.27. The first-order valence-electron chi connectivity index (χ1n) is 12.9. The van der Waals surface area contributed by atoms with Crippen LogP contribution in [0.5, 0.6) is 11.5 Å². The van der Waals surface area contributed by atoms with E-state index in [2.05, 4.69) is 23.8 Å². The van der Waals surface area contributed by atoms with Crippen LogP contribution in [0.15, 0.2) is 57.8 Å². The molecule has 0 N–H and O–H groups in total. The maximum Gasteiger partial charge on any atom is 0.176 e. The number of nitriles is 2. The number of unbranched alkanes of at least 4 members (excludes halogenated alkanes) is 2. The first kappa shape index (κ1) is 29.9. The number of allylic oxidation sites excluding steroid dienone is 2. The van der Waals surface area contributed by atoms with Crippen LogP contribution in [0.1, 0.15) is 50.7 Å². The number of anilines is 2. The average molecular weight is 515 g/mol. The third-order valence-electron chi connectivity index (χ3n) is 5.64. The zero-order valence-corrected chi connectivity index (χ0v) is 23.4. The largest absolute Gasteiger partial charge is 0.493 e. The standard InChI is InChI=1S/C30H38N6O2/c1-7-9-15-37-29-17-25(35(3)4)13-11-23(29)21-33-27(19-31)28(20-32)34-22-24-12-14-26(36(5)6)18-30(24)38-16-10-8-2/h11-14,17-18,21-22H,7-10,15-16H2,1-6H3/b28-27+,33-21?,34-22?. The molecule has 8 heteroatoms. The van der Waals surface area contributed by atoms with Gasteiger partial charge in [0.15, 0.2) is 11.4 Å². The third-order valence-corrected chi connectivity index (χ3v) is 5.64. The van der Waals surface area contributed by atoms with Crippen molar-refractivity contribution >= 4 is 23.8 Å². The van der Waals surface area contributed by atoms with E-state index >= 15 is 0 Å². The molecule has 0 aromatic heterocycles. The van der Waals surface area contributed by atoms with E-state index < -0.39 is 0 Å². The molecule has 0 saturated heterocycles. The molecule has 8 nitrogen and oxygen atoms in total. The van der Waals surface area contributed by atoms with E-state index in [9.17, 15) is 10.5 Å². The Morgan fingerprint density at radius 2 is 1.13 bits per heavy atom. The normalized spacial score (nSPS) is 11.7. The van der Waals surface area contributed by atoms with Crippen molar-refractivity contribution in [3.63, 3.8) is 0 Å². The Labute approximate surface area is 227 Å². The molecule has 0 unspecified atom stereocenters. The average Bonchev–Trinajstić information content (AvgIpc) is 2.91. The van der Waals surface area contributed by atoms with Crippen LogP contribution in [-0.2, 0) is 0 Å². The van der Waals surface area contributed by atoms with Crippen molar-refractivity contribution in [1.29, 1.82) is 10.5 Å². The van der Waals surface area contributed by atoms with Gasteiger partial charge in [-0.15, -0.1) is 0 Å². The molecule has 0 spiro atoms. The molecule has 200 valence electrons. The van der Waals surface area contributed by atoms with Crippen molar-refractivity contribution in [1.82, 2.24) is 0 Å². The molecule has 0 atom stereocenters. The Hall–Kier alpha value is -4.30. The SMILES string of the molecule is CCCCOc1cc(N(C)C)ccc1C=N/C(C#N)=C(\C#N)N=Cc1ccc(N(C)C)cc1OCCCC. The molecule has 2 aromatic carbocycles. The molecule has 0 aliphatic rings. The Morgan fingerprint density at radius 1 is 0.737 bits per heavy atom. The van der Waals surface area contributed by atoms with Gasteiger partial charge in [-0.3, -0.25) is 0 Å². The van der Waals surface area contributed by atoms with Gasteiger partial charge in [-0.05, 0) is 37.1 Å². The Bertz CT molecular complexity index is 1140. The predicted octanol–water partition coefficient (Wildman–Crippen LogP) is 5.97. The summed E-state index contributed by atoms with van der Waals surface area (Å²) in [6, 6.07) is 15.5. The lowest BCUT2D eigenvalue weighted by atomic mass is 10.1. The van der Waals surface area contributed by atoms with E-state index in [-0.39, 0.29) is 11.4 Å². The Kier molecular flexibility index (Phi) is 12.4. The van der Waals surface area contributed by atoms with Crippen molar-refractivity contribution in [2.24, 2.45) is 9.98 Å². The highest BCUT2D eigenvalue weighted by Gasteiger charge is 2.09. The number of rotatable bonds is 14. The zero-order chi connectivity index (χ0) is 27.9. The van der Waals surface area contributed by atoms with Gasteiger partial charge in [-0.25, -0.2) is 9.98 Å². The van der Waals surface area contributed by atoms with E-state index in [0.717, 1.165) is 37.1 Å². The van der Waals surface area contributed by atoms with Crippen LogP contribution < -0.4 is 19.3 Å². The smallest absolute Gasteiger partial charge is 0.176 e. The predicted molar refractivity (Wildman–Crippen MR) is 156 cm³/mol. The van der Waals surface area contributed by atoms with Crippen molar-refractivity contribution in [3.8, 4) is 23.6 Å². The highest BCUT2D eigenvalue weighted by atomic mass is 16.5. The summed E-state index contributed by atoms with van der Waals surface area (Å²) in [5.74, 6) is 1.34. The number of benzene rings is 2. The number of aliphatic imine (C=N–C) groups is 2. The van der Waals surface area contributed by atoms with Gasteiger partial charge >= 0.3 is 0 Å². The van der Waals surface area contributed by atoms with E-state index in [1.54, 1.807) is 0 Å². The van der Waals surface area contributed by atoms with Gasteiger partial charge in [0.05, 0.1) is 13.2 Å². The van der Waals surface area contributed by atoms with Crippen LogP contribution in [0.4, 0.5) is 11.4 Å². The minimum Gasteiger partial charge on any atom is -0.493 e. The lowest BCUT2D eigenvalue weighted by molar-refractivity contribution is 0.309. The molecule has 0 heterocycles. The molecule has 0 amide bonds. The molecule has 2 aromatic rings. The lowest BCUT2D eigenvalue weighted by Crippen LogP contribution is -2.09. The molecule has 0 radical (unpaired) electrons. The van der Waals surface area contributed by atoms with Crippen LogP contribution in [0.25, 0.3) is 0 Å². The van der Waals surface area contributed by atoms with Gasteiger partial charge in [0.2, 0.25) is 0 Å². The Morgan fingerprint density at radius 3 is 1.45 bits per heavy atom. The van der Waals surface area contributed by atoms with E-state index in [1.165, 1.54) is 12.4 Å². The van der Waals surface area contributed by atoms with Gasteiger partial charge in [0, 0.05) is 75.3 Å². The second kappa shape index (κ2) is 15.7. The summed E-state index contributed by atoms with van der Waals surface area (Å²) in [6.07, 6.45) is 6.97. The number of ether oxygens (including phenoxy) is 2. The lowest BCUT2D eigenvalue weighted by Gasteiger charge is -2.16. The quantitative estimate of drug-likeness (QED) is 0.175. The number of nitrogens with zero attached hydrogens (tertiary/aromatic N) is 6. The molecule has 38 heavy (non-hydrogen) atoms. The first-order chi connectivity index (χ1) is 18.3. The highest BCUT2D eigenvalue weighted by molar-refractivity contribution is 5.87. The zero-order valence-electron chi connectivity index (χ0n) is 23.4. The van der Waals surface area contributed by atoms with Crippen LogP contribution in [0, 0.1) is 22.7 Å². The van der Waals surface area contributed by atoms with Crippen LogP contribution in [0.2, 0.25) is 0 Å². The minimum absolute atomic E-state index is 0.0849. The number of hydrogen-bond acceptors (Lipinski definition) is 8. The molecule has 0 bridgehead atoms. The van der Waals surface area contributed by atoms with Gasteiger partial charge < -0.3 is 19.3 Å². The summed E-state index contributed by atoms with van der Waals surface area (Å²) in [7, 11) is 7.84. The summed E-state index contributed by atoms with van der Waals surface area (Å²) < 4.78 is 12.0. The minimum atomic E-state index is -0.0849. The molecule has 0 aliphatic carbocycles. The number of hydrogen-bond donors (Lipinski definition) is 0. The second-order valence-electron chi connectivity index (χ2n) is 9.07. The summed E-state index contributed by atoms with van der Waals surface area (Å²) in [6.45, 7) is 5.37. The first-order valence-corrected chi connectivity index (χ1v) is 12.9. The van der Waals surface area contributed by atoms with E-state index in [4.69, 9.17) is 9.47 Å². The third kappa shape index (κ3) is 8.97. The van der Waals surface area contributed by atoms with Gasteiger partial charge in [0.25, 0.3) is 0 Å². The molecule has 0 fully saturated rings. The molecular formula is C30H38N6O2. The summed E-state index contributed by atoms with van der Waals surface area (Å²) in [4.78, 5) is 12.6. The topological polar surface area (TPSA) is 97.2 Å². The van der Waals surface area contributed by atoms with E-state index in [0.29, 0.717) is 35.8 Å². The second-order valence-corrected chi connectivity index (χ2v) is 9.07. The fourth-order valence-corrected chi connectivity index (χ4v) is 3.27. The van der Waals surface area contributed by atoms with Gasteiger partial charge in [0.1, 0.15) is 23.6 Å². The monoisotopic (exact) mass is 514 g/mol. The summed E-state index contributed by atoms with van der Waals surface area (Å²) in [5, 5.41) is 19.5. The van der Waals surface area contributed by atoms with Gasteiger partial charge in [-0.2, -0.15) is 10.5 Å². The van der Waals surface area contributed by atoms with Gasteiger partial charge in [-0.1, -0.05) is 26.7 Å². The molecule has 0 saturated carbocycles. The van der Waals surface area contributed by atoms with Crippen LogP contribution in [-0.4, -0.2) is 53.8 Å². The molecular weight excluding hydrogens is 476 g/mol. The highest BCUT2D eigenvalue weighted by Crippen LogP contribution is 2.26. The van der Waals surface area contributed by atoms with Crippen LogP contribution in [0.3, 0.4) is 0 Å². The molecule has 0 aliphatic heterocycles. The van der Waals surface area contributed by atoms with Crippen molar-refractivity contribution in [3.05, 3.63) is 58.9 Å². The fraction of sp³-hybridized carbons (Fsp3) is 0.400.